The van der Waals surface area contributed by atoms with Crippen molar-refractivity contribution in [3.63, 3.8) is 0 Å². The summed E-state index contributed by atoms with van der Waals surface area (Å²) in [4.78, 5) is 8.68. The van der Waals surface area contributed by atoms with Crippen LogP contribution >= 0.6 is 0 Å². The van der Waals surface area contributed by atoms with Gasteiger partial charge in [0.15, 0.2) is 0 Å². The second-order valence-corrected chi connectivity index (χ2v) is 5.06. The lowest BCUT2D eigenvalue weighted by Gasteiger charge is -2.24. The van der Waals surface area contributed by atoms with Gasteiger partial charge in [-0.2, -0.15) is 0 Å². The van der Waals surface area contributed by atoms with Gasteiger partial charge in [0.25, 0.3) is 0 Å². The van der Waals surface area contributed by atoms with Gasteiger partial charge in [-0.05, 0) is 43.8 Å². The van der Waals surface area contributed by atoms with Crippen molar-refractivity contribution in [2.45, 2.75) is 39.0 Å². The maximum atomic E-state index is 4.52. The Bertz CT molecular complexity index is 330. The SMILES string of the molecule is CC(C)Cc1cncnc1C1CCNCC1. The number of piperidine rings is 1. The molecular weight excluding hydrogens is 198 g/mol. The molecule has 0 saturated carbocycles. The van der Waals surface area contributed by atoms with Gasteiger partial charge in [-0.1, -0.05) is 13.8 Å². The van der Waals surface area contributed by atoms with Crippen LogP contribution in [0.2, 0.25) is 0 Å². The van der Waals surface area contributed by atoms with Crippen LogP contribution in [0, 0.1) is 5.92 Å². The standard InChI is InChI=1S/C13H21N3/c1-10(2)7-12-8-15-9-16-13(12)11-3-5-14-6-4-11/h8-11,14H,3-7H2,1-2H3. The Kier molecular flexibility index (Phi) is 3.88. The molecule has 3 heteroatoms. The fourth-order valence-corrected chi connectivity index (χ4v) is 2.43. The van der Waals surface area contributed by atoms with E-state index in [-0.39, 0.29) is 0 Å². The lowest BCUT2D eigenvalue weighted by Crippen LogP contribution is -2.27. The summed E-state index contributed by atoms with van der Waals surface area (Å²) in [6.45, 7) is 6.74. The van der Waals surface area contributed by atoms with Gasteiger partial charge >= 0.3 is 0 Å². The van der Waals surface area contributed by atoms with Crippen LogP contribution in [0.25, 0.3) is 0 Å². The van der Waals surface area contributed by atoms with Crippen molar-refractivity contribution in [3.05, 3.63) is 23.8 Å². The van der Waals surface area contributed by atoms with E-state index >= 15 is 0 Å². The van der Waals surface area contributed by atoms with Crippen LogP contribution in [0.5, 0.6) is 0 Å². The van der Waals surface area contributed by atoms with E-state index in [1.165, 1.54) is 24.1 Å². The van der Waals surface area contributed by atoms with E-state index in [2.05, 4.69) is 29.1 Å². The number of nitrogens with one attached hydrogen (secondary N) is 1. The zero-order valence-corrected chi connectivity index (χ0v) is 10.2. The molecule has 2 rings (SSSR count). The Morgan fingerprint density at radius 1 is 1.38 bits per heavy atom. The highest BCUT2D eigenvalue weighted by atomic mass is 14.9. The molecule has 1 N–H and O–H groups in total. The first kappa shape index (κ1) is 11.5. The van der Waals surface area contributed by atoms with Gasteiger partial charge in [-0.3, -0.25) is 0 Å². The smallest absolute Gasteiger partial charge is 0.115 e. The summed E-state index contributed by atoms with van der Waals surface area (Å²) in [6, 6.07) is 0. The van der Waals surface area contributed by atoms with E-state index in [1.54, 1.807) is 6.33 Å². The minimum Gasteiger partial charge on any atom is -0.317 e. The molecule has 0 amide bonds. The first-order valence-corrected chi connectivity index (χ1v) is 6.27. The zero-order chi connectivity index (χ0) is 11.4. The van der Waals surface area contributed by atoms with E-state index in [9.17, 15) is 0 Å². The Labute approximate surface area is 97.7 Å². The predicted molar refractivity (Wildman–Crippen MR) is 65.4 cm³/mol. The summed E-state index contributed by atoms with van der Waals surface area (Å²) in [7, 11) is 0. The number of rotatable bonds is 3. The largest absolute Gasteiger partial charge is 0.317 e. The highest BCUT2D eigenvalue weighted by molar-refractivity contribution is 5.21. The predicted octanol–water partition coefficient (Wildman–Crippen LogP) is 2.14. The number of nitrogens with zero attached hydrogens (tertiary/aromatic N) is 2. The molecule has 0 unspecified atom stereocenters. The van der Waals surface area contributed by atoms with Crippen LogP contribution in [-0.2, 0) is 6.42 Å². The molecule has 0 aliphatic carbocycles. The molecule has 0 radical (unpaired) electrons. The van der Waals surface area contributed by atoms with E-state index in [0.29, 0.717) is 11.8 Å². The Balaban J connectivity index is 2.17. The summed E-state index contributed by atoms with van der Waals surface area (Å²) < 4.78 is 0. The molecule has 2 heterocycles. The highest BCUT2D eigenvalue weighted by Gasteiger charge is 2.19. The molecule has 1 saturated heterocycles. The molecule has 0 atom stereocenters. The number of hydrogen-bond acceptors (Lipinski definition) is 3. The molecule has 0 aromatic carbocycles. The van der Waals surface area contributed by atoms with Gasteiger partial charge in [-0.25, -0.2) is 9.97 Å². The fourth-order valence-electron chi connectivity index (χ4n) is 2.43. The average Bonchev–Trinajstić information content (AvgIpc) is 2.30. The molecule has 1 aromatic heterocycles. The van der Waals surface area contributed by atoms with Crippen LogP contribution < -0.4 is 5.32 Å². The van der Waals surface area contributed by atoms with Gasteiger partial charge in [0.1, 0.15) is 6.33 Å². The van der Waals surface area contributed by atoms with E-state index < -0.39 is 0 Å². The molecular formula is C13H21N3. The molecule has 1 fully saturated rings. The van der Waals surface area contributed by atoms with Crippen molar-refractivity contribution in [1.82, 2.24) is 15.3 Å². The monoisotopic (exact) mass is 219 g/mol. The quantitative estimate of drug-likeness (QED) is 0.846. The third kappa shape index (κ3) is 2.79. The Hall–Kier alpha value is -0.960. The van der Waals surface area contributed by atoms with E-state index in [1.807, 2.05) is 6.20 Å². The lowest BCUT2D eigenvalue weighted by molar-refractivity contribution is 0.448. The van der Waals surface area contributed by atoms with Crippen molar-refractivity contribution in [2.24, 2.45) is 5.92 Å². The summed E-state index contributed by atoms with van der Waals surface area (Å²) in [5.41, 5.74) is 2.65. The first-order valence-electron chi connectivity index (χ1n) is 6.27. The van der Waals surface area contributed by atoms with Crippen molar-refractivity contribution >= 4 is 0 Å². The number of hydrogen-bond donors (Lipinski definition) is 1. The average molecular weight is 219 g/mol. The molecule has 88 valence electrons. The topological polar surface area (TPSA) is 37.8 Å². The lowest BCUT2D eigenvalue weighted by atomic mass is 9.89. The van der Waals surface area contributed by atoms with E-state index in [0.717, 1.165) is 19.5 Å². The van der Waals surface area contributed by atoms with Crippen molar-refractivity contribution < 1.29 is 0 Å². The first-order chi connectivity index (χ1) is 7.77. The maximum absolute atomic E-state index is 4.52. The summed E-state index contributed by atoms with van der Waals surface area (Å²) >= 11 is 0. The fraction of sp³-hybridized carbons (Fsp3) is 0.692. The van der Waals surface area contributed by atoms with Crippen molar-refractivity contribution in [3.8, 4) is 0 Å². The third-order valence-electron chi connectivity index (χ3n) is 3.18. The zero-order valence-electron chi connectivity index (χ0n) is 10.2. The summed E-state index contributed by atoms with van der Waals surface area (Å²) in [6.07, 6.45) is 7.22. The van der Waals surface area contributed by atoms with Crippen LogP contribution in [0.3, 0.4) is 0 Å². The van der Waals surface area contributed by atoms with Crippen LogP contribution in [0.1, 0.15) is 43.9 Å². The molecule has 1 aromatic rings. The number of aromatic nitrogens is 2. The summed E-state index contributed by atoms with van der Waals surface area (Å²) in [5.74, 6) is 1.31. The normalized spacial score (nSPS) is 17.9. The van der Waals surface area contributed by atoms with Crippen LogP contribution in [0.15, 0.2) is 12.5 Å². The third-order valence-corrected chi connectivity index (χ3v) is 3.18. The van der Waals surface area contributed by atoms with Gasteiger partial charge in [0.2, 0.25) is 0 Å². The summed E-state index contributed by atoms with van der Waals surface area (Å²) in [5, 5.41) is 3.40. The molecule has 0 spiro atoms. The Morgan fingerprint density at radius 3 is 2.81 bits per heavy atom. The van der Waals surface area contributed by atoms with Crippen LogP contribution in [-0.4, -0.2) is 23.1 Å². The minimum absolute atomic E-state index is 0.637. The van der Waals surface area contributed by atoms with Gasteiger partial charge < -0.3 is 5.32 Å². The second-order valence-electron chi connectivity index (χ2n) is 5.06. The Morgan fingerprint density at radius 2 is 2.12 bits per heavy atom. The molecule has 1 aliphatic heterocycles. The van der Waals surface area contributed by atoms with Gasteiger partial charge in [0, 0.05) is 12.1 Å². The van der Waals surface area contributed by atoms with Gasteiger partial charge in [0.05, 0.1) is 5.69 Å². The van der Waals surface area contributed by atoms with Gasteiger partial charge in [-0.15, -0.1) is 0 Å². The minimum atomic E-state index is 0.637. The molecule has 0 bridgehead atoms. The van der Waals surface area contributed by atoms with Crippen molar-refractivity contribution in [1.29, 1.82) is 0 Å². The molecule has 3 nitrogen and oxygen atoms in total. The van der Waals surface area contributed by atoms with Crippen LogP contribution in [0.4, 0.5) is 0 Å². The maximum Gasteiger partial charge on any atom is 0.115 e. The molecule has 1 aliphatic rings. The van der Waals surface area contributed by atoms with E-state index in [4.69, 9.17) is 0 Å². The second kappa shape index (κ2) is 5.39. The molecule has 16 heavy (non-hydrogen) atoms. The highest BCUT2D eigenvalue weighted by Crippen LogP contribution is 2.26. The van der Waals surface area contributed by atoms with Crippen molar-refractivity contribution in [2.75, 3.05) is 13.1 Å².